The summed E-state index contributed by atoms with van der Waals surface area (Å²) in [6.07, 6.45) is 0. The molecule has 0 amide bonds. The maximum absolute atomic E-state index is 11.1. The zero-order valence-electron chi connectivity index (χ0n) is 8.45. The molecule has 1 aromatic heterocycles. The summed E-state index contributed by atoms with van der Waals surface area (Å²) in [6.45, 7) is 4.95. The first-order chi connectivity index (χ1) is 6.54. The van der Waals surface area contributed by atoms with Crippen LogP contribution in [0.4, 0.5) is 0 Å². The van der Waals surface area contributed by atoms with Gasteiger partial charge in [0.15, 0.2) is 5.69 Å². The third-order valence-corrected chi connectivity index (χ3v) is 2.30. The zero-order chi connectivity index (χ0) is 10.7. The number of methoxy groups -OCH3 is 1. The van der Waals surface area contributed by atoms with Crippen LogP contribution in [0.1, 0.15) is 24.3 Å². The quantitative estimate of drug-likeness (QED) is 0.782. The van der Waals surface area contributed by atoms with Gasteiger partial charge in [0, 0.05) is 12.6 Å². The molecule has 0 bridgehead atoms. The molecule has 0 atom stereocenters. The summed E-state index contributed by atoms with van der Waals surface area (Å²) >= 11 is 3.34. The standard InChI is InChI=1S/C9H13BrN2O2/c1-6(2)5-12-8(10)4-7(11-12)9(13)14-3/h4,6H,5H2,1-3H3. The van der Waals surface area contributed by atoms with Gasteiger partial charge in [0.1, 0.15) is 4.60 Å². The van der Waals surface area contributed by atoms with E-state index >= 15 is 0 Å². The van der Waals surface area contributed by atoms with Crippen molar-refractivity contribution in [1.29, 1.82) is 0 Å². The molecule has 0 saturated heterocycles. The molecule has 0 aliphatic carbocycles. The number of halogens is 1. The molecule has 0 aliphatic rings. The van der Waals surface area contributed by atoms with Gasteiger partial charge in [-0.1, -0.05) is 13.8 Å². The minimum atomic E-state index is -0.409. The smallest absolute Gasteiger partial charge is 0.358 e. The topological polar surface area (TPSA) is 44.1 Å². The third kappa shape index (κ3) is 2.57. The van der Waals surface area contributed by atoms with Crippen LogP contribution in [0.15, 0.2) is 10.7 Å². The molecule has 0 N–H and O–H groups in total. The molecule has 1 rings (SSSR count). The number of carbonyl (C=O) groups excluding carboxylic acids is 1. The second-order valence-corrected chi connectivity index (χ2v) is 4.23. The molecule has 78 valence electrons. The number of nitrogens with zero attached hydrogens (tertiary/aromatic N) is 2. The molecule has 4 nitrogen and oxygen atoms in total. The number of hydrogen-bond donors (Lipinski definition) is 0. The maximum atomic E-state index is 11.1. The van der Waals surface area contributed by atoms with E-state index in [1.54, 1.807) is 10.7 Å². The SMILES string of the molecule is COC(=O)c1cc(Br)n(CC(C)C)n1. The van der Waals surface area contributed by atoms with Crippen molar-refractivity contribution in [3.05, 3.63) is 16.4 Å². The van der Waals surface area contributed by atoms with Crippen molar-refractivity contribution in [2.75, 3.05) is 7.11 Å². The largest absolute Gasteiger partial charge is 0.464 e. The Balaban J connectivity index is 2.87. The summed E-state index contributed by atoms with van der Waals surface area (Å²) in [7, 11) is 1.34. The van der Waals surface area contributed by atoms with Gasteiger partial charge in [-0.15, -0.1) is 0 Å². The van der Waals surface area contributed by atoms with Crippen LogP contribution < -0.4 is 0 Å². The van der Waals surface area contributed by atoms with Crippen LogP contribution in [0.25, 0.3) is 0 Å². The Morgan fingerprint density at radius 3 is 2.86 bits per heavy atom. The van der Waals surface area contributed by atoms with E-state index in [1.807, 2.05) is 0 Å². The van der Waals surface area contributed by atoms with E-state index in [0.717, 1.165) is 11.1 Å². The maximum Gasteiger partial charge on any atom is 0.358 e. The van der Waals surface area contributed by atoms with E-state index in [2.05, 4.69) is 39.6 Å². The number of carbonyl (C=O) groups is 1. The highest BCUT2D eigenvalue weighted by Gasteiger charge is 2.13. The van der Waals surface area contributed by atoms with Crippen molar-refractivity contribution in [1.82, 2.24) is 9.78 Å². The molecule has 14 heavy (non-hydrogen) atoms. The van der Waals surface area contributed by atoms with Gasteiger partial charge in [-0.2, -0.15) is 5.10 Å². The predicted octanol–water partition coefficient (Wildman–Crippen LogP) is 2.09. The Labute approximate surface area is 91.4 Å². The van der Waals surface area contributed by atoms with E-state index < -0.39 is 5.97 Å². The van der Waals surface area contributed by atoms with E-state index in [0.29, 0.717) is 11.6 Å². The molecule has 0 saturated carbocycles. The van der Waals surface area contributed by atoms with Crippen molar-refractivity contribution >= 4 is 21.9 Å². The first kappa shape index (κ1) is 11.2. The van der Waals surface area contributed by atoms with E-state index in [-0.39, 0.29) is 0 Å². The van der Waals surface area contributed by atoms with Gasteiger partial charge in [0.2, 0.25) is 0 Å². The summed E-state index contributed by atoms with van der Waals surface area (Å²) in [6, 6.07) is 1.66. The fourth-order valence-corrected chi connectivity index (χ4v) is 1.51. The summed E-state index contributed by atoms with van der Waals surface area (Å²) in [5, 5.41) is 4.12. The Morgan fingerprint density at radius 1 is 1.71 bits per heavy atom. The highest BCUT2D eigenvalue weighted by molar-refractivity contribution is 9.10. The lowest BCUT2D eigenvalue weighted by Crippen LogP contribution is -2.08. The van der Waals surface area contributed by atoms with E-state index in [1.165, 1.54) is 7.11 Å². The summed E-state index contributed by atoms with van der Waals surface area (Å²) < 4.78 is 7.12. The van der Waals surface area contributed by atoms with Crippen LogP contribution in [0, 0.1) is 5.92 Å². The average molecular weight is 261 g/mol. The van der Waals surface area contributed by atoms with Crippen LogP contribution in [0.3, 0.4) is 0 Å². The number of rotatable bonds is 3. The Hall–Kier alpha value is -0.840. The van der Waals surface area contributed by atoms with Gasteiger partial charge in [0.05, 0.1) is 7.11 Å². The fourth-order valence-electron chi connectivity index (χ4n) is 1.07. The Bertz CT molecular complexity index is 334. The van der Waals surface area contributed by atoms with Crippen molar-refractivity contribution in [2.24, 2.45) is 5.92 Å². The highest BCUT2D eigenvalue weighted by Crippen LogP contribution is 2.14. The number of hydrogen-bond acceptors (Lipinski definition) is 3. The molecule has 5 heteroatoms. The molecule has 0 aliphatic heterocycles. The van der Waals surface area contributed by atoms with Gasteiger partial charge in [-0.25, -0.2) is 4.79 Å². The van der Waals surface area contributed by atoms with Crippen molar-refractivity contribution in [2.45, 2.75) is 20.4 Å². The van der Waals surface area contributed by atoms with Crippen LogP contribution in [0.2, 0.25) is 0 Å². The van der Waals surface area contributed by atoms with E-state index in [9.17, 15) is 4.79 Å². The summed E-state index contributed by atoms with van der Waals surface area (Å²) in [4.78, 5) is 11.1. The van der Waals surface area contributed by atoms with Crippen LogP contribution in [-0.2, 0) is 11.3 Å². The molecule has 0 unspecified atom stereocenters. The molecule has 0 radical (unpaired) electrons. The van der Waals surface area contributed by atoms with Gasteiger partial charge in [-0.05, 0) is 21.8 Å². The second-order valence-electron chi connectivity index (χ2n) is 3.42. The van der Waals surface area contributed by atoms with Crippen molar-refractivity contribution < 1.29 is 9.53 Å². The molecule has 0 aromatic carbocycles. The van der Waals surface area contributed by atoms with Crippen molar-refractivity contribution in [3.63, 3.8) is 0 Å². The average Bonchev–Trinajstić information content (AvgIpc) is 2.46. The normalized spacial score (nSPS) is 10.6. The summed E-state index contributed by atoms with van der Waals surface area (Å²) in [5.74, 6) is 0.0740. The first-order valence-corrected chi connectivity index (χ1v) is 5.15. The van der Waals surface area contributed by atoms with Gasteiger partial charge in [-0.3, -0.25) is 4.68 Å². The van der Waals surface area contributed by atoms with Crippen LogP contribution >= 0.6 is 15.9 Å². The summed E-state index contributed by atoms with van der Waals surface area (Å²) in [5.41, 5.74) is 0.333. The Morgan fingerprint density at radius 2 is 2.36 bits per heavy atom. The zero-order valence-corrected chi connectivity index (χ0v) is 10.0. The third-order valence-electron chi connectivity index (χ3n) is 1.66. The molecule has 1 aromatic rings. The lowest BCUT2D eigenvalue weighted by atomic mass is 10.2. The minimum absolute atomic E-state index is 0.333. The number of esters is 1. The highest BCUT2D eigenvalue weighted by atomic mass is 79.9. The Kier molecular flexibility index (Phi) is 3.69. The van der Waals surface area contributed by atoms with Gasteiger partial charge >= 0.3 is 5.97 Å². The molecule has 0 fully saturated rings. The molecular formula is C9H13BrN2O2. The minimum Gasteiger partial charge on any atom is -0.464 e. The number of aromatic nitrogens is 2. The molecular weight excluding hydrogens is 248 g/mol. The second kappa shape index (κ2) is 4.59. The lowest BCUT2D eigenvalue weighted by Gasteiger charge is -2.05. The monoisotopic (exact) mass is 260 g/mol. The number of ether oxygens (including phenoxy) is 1. The van der Waals surface area contributed by atoms with Gasteiger partial charge < -0.3 is 4.74 Å². The lowest BCUT2D eigenvalue weighted by molar-refractivity contribution is 0.0593. The van der Waals surface area contributed by atoms with Crippen LogP contribution in [-0.4, -0.2) is 22.9 Å². The molecule has 0 spiro atoms. The predicted molar refractivity (Wildman–Crippen MR) is 56.1 cm³/mol. The van der Waals surface area contributed by atoms with Gasteiger partial charge in [0.25, 0.3) is 0 Å². The fraction of sp³-hybridized carbons (Fsp3) is 0.556. The molecule has 1 heterocycles. The van der Waals surface area contributed by atoms with Crippen LogP contribution in [0.5, 0.6) is 0 Å². The van der Waals surface area contributed by atoms with Crippen molar-refractivity contribution in [3.8, 4) is 0 Å². The van der Waals surface area contributed by atoms with E-state index in [4.69, 9.17) is 0 Å². The first-order valence-electron chi connectivity index (χ1n) is 4.36.